The fraction of sp³-hybridized carbons (Fsp3) is 0.222. The molecule has 0 aromatic heterocycles. The smallest absolute Gasteiger partial charge is 1.00 e. The zero-order valence-corrected chi connectivity index (χ0v) is 27.8. The van der Waals surface area contributed by atoms with Gasteiger partial charge in [0, 0.05) is 0 Å². The quantitative estimate of drug-likeness (QED) is 0.222. The summed E-state index contributed by atoms with van der Waals surface area (Å²) >= 11 is 2.42. The predicted octanol–water partition coefficient (Wildman–Crippen LogP) is 0.242. The van der Waals surface area contributed by atoms with Gasteiger partial charge in [-0.25, -0.2) is 0 Å². The minimum Gasteiger partial charge on any atom is -1.00 e. The van der Waals surface area contributed by atoms with Gasteiger partial charge in [0.2, 0.25) is 0 Å². The van der Waals surface area contributed by atoms with E-state index >= 15 is 0 Å². The summed E-state index contributed by atoms with van der Waals surface area (Å²) in [5, 5.41) is 0. The minimum absolute atomic E-state index is 0. The molecule has 4 aromatic carbocycles. The van der Waals surface area contributed by atoms with Crippen molar-refractivity contribution in [2.45, 2.75) is 50.7 Å². The third-order valence-corrected chi connectivity index (χ3v) is 8.67. The molecule has 0 bridgehead atoms. The minimum atomic E-state index is -0.412. The Bertz CT molecular complexity index is 1370. The van der Waals surface area contributed by atoms with Crippen LogP contribution in [-0.4, -0.2) is 0 Å². The van der Waals surface area contributed by atoms with E-state index in [0.29, 0.717) is 0 Å². The van der Waals surface area contributed by atoms with Crippen molar-refractivity contribution in [3.8, 4) is 0 Å². The summed E-state index contributed by atoms with van der Waals surface area (Å²) in [6.07, 6.45) is 7.29. The first-order valence-corrected chi connectivity index (χ1v) is 13.9. The second-order valence-electron chi connectivity index (χ2n) is 11.0. The molecule has 0 fully saturated rings. The molecule has 0 heterocycles. The van der Waals surface area contributed by atoms with Crippen molar-refractivity contribution in [2.24, 2.45) is 0 Å². The van der Waals surface area contributed by atoms with Crippen LogP contribution in [0.15, 0.2) is 103 Å². The van der Waals surface area contributed by atoms with Gasteiger partial charge in [0.05, 0.1) is 0 Å². The van der Waals surface area contributed by atoms with Crippen molar-refractivity contribution in [1.82, 2.24) is 0 Å². The topological polar surface area (TPSA) is 0 Å². The van der Waals surface area contributed by atoms with Crippen molar-refractivity contribution in [2.75, 3.05) is 0 Å². The molecule has 0 amide bonds. The number of rotatable bonds is 5. The second-order valence-corrected chi connectivity index (χ2v) is 12.3. The Labute approximate surface area is 271 Å². The molecule has 0 spiro atoms. The molecule has 204 valence electrons. The number of allylic oxidation sites excluding steroid dienone is 4. The largest absolute Gasteiger partial charge is 1.00 e. The molecule has 0 N–H and O–H groups in total. The Hall–Kier alpha value is -2.06. The molecular formula is C36H35Cl3Ti. The first-order chi connectivity index (χ1) is 17.6. The van der Waals surface area contributed by atoms with E-state index in [0.717, 1.165) is 0 Å². The maximum absolute atomic E-state index is 2.51. The van der Waals surface area contributed by atoms with Crippen LogP contribution in [0.5, 0.6) is 0 Å². The van der Waals surface area contributed by atoms with E-state index in [1.807, 2.05) is 0 Å². The first-order valence-electron chi connectivity index (χ1n) is 13.1. The average molecular weight is 622 g/mol. The van der Waals surface area contributed by atoms with Crippen molar-refractivity contribution in [3.63, 3.8) is 0 Å². The molecule has 0 saturated heterocycles. The van der Waals surface area contributed by atoms with Gasteiger partial charge in [-0.05, 0) is 0 Å². The van der Waals surface area contributed by atoms with Crippen LogP contribution in [0.4, 0.5) is 0 Å². The molecule has 4 aromatic rings. The molecule has 1 unspecified atom stereocenters. The normalized spacial score (nSPS) is 15.9. The molecule has 1 aliphatic carbocycles. The van der Waals surface area contributed by atoms with Crippen LogP contribution in [0, 0.1) is 41.5 Å². The third kappa shape index (κ3) is 6.23. The summed E-state index contributed by atoms with van der Waals surface area (Å²) in [6, 6.07) is 32.1. The van der Waals surface area contributed by atoms with Crippen molar-refractivity contribution in [3.05, 3.63) is 159 Å². The number of hydrogen-bond acceptors (Lipinski definition) is 0. The van der Waals surface area contributed by atoms with Gasteiger partial charge in [-0.3, -0.25) is 0 Å². The molecule has 1 aliphatic rings. The zero-order chi connectivity index (χ0) is 26.4. The van der Waals surface area contributed by atoms with Crippen molar-refractivity contribution in [1.29, 1.82) is 0 Å². The number of benzene rings is 4. The standard InChI is InChI=1S/C36H35.3ClH.Ti/c1-24-14-25(2)18-33(17-24)36(34-19-26(3)15-27(4)20-34,35-21-28(5)16-29(6)22-35)32-13-12-31(23-32)30-10-8-7-9-11-30;;;;/h7-23H,1-6H3;3*1H;/q;;;;+3/p-3. The molecular weight excluding hydrogens is 587 g/mol. The summed E-state index contributed by atoms with van der Waals surface area (Å²) in [7, 11) is 0. The van der Waals surface area contributed by atoms with E-state index in [2.05, 4.69) is 165 Å². The zero-order valence-electron chi connectivity index (χ0n) is 23.9. The Balaban J connectivity index is 0.00000187. The van der Waals surface area contributed by atoms with Gasteiger partial charge in [0.25, 0.3) is 0 Å². The predicted molar refractivity (Wildman–Crippen MR) is 154 cm³/mol. The molecule has 0 saturated carbocycles. The van der Waals surface area contributed by atoms with Crippen LogP contribution in [0.25, 0.3) is 5.57 Å². The van der Waals surface area contributed by atoms with Crippen LogP contribution in [0.3, 0.4) is 0 Å². The molecule has 4 heteroatoms. The van der Waals surface area contributed by atoms with Gasteiger partial charge in [-0.1, -0.05) is 0 Å². The van der Waals surface area contributed by atoms with Crippen molar-refractivity contribution < 1.29 is 57.7 Å². The Morgan fingerprint density at radius 2 is 0.875 bits per heavy atom. The van der Waals surface area contributed by atoms with E-state index in [1.165, 1.54) is 61.2 Å². The number of hydrogen-bond donors (Lipinski definition) is 0. The van der Waals surface area contributed by atoms with Crippen LogP contribution < -0.4 is 37.2 Å². The van der Waals surface area contributed by atoms with Gasteiger partial charge in [0.1, 0.15) is 0 Å². The van der Waals surface area contributed by atoms with Crippen LogP contribution in [0.2, 0.25) is 3.72 Å². The van der Waals surface area contributed by atoms with Gasteiger partial charge in [0.15, 0.2) is 0 Å². The summed E-state index contributed by atoms with van der Waals surface area (Å²) in [5.74, 6) is 0. The van der Waals surface area contributed by atoms with Gasteiger partial charge >= 0.3 is 235 Å². The SMILES string of the molecule is Cc1cc(C)cc(C(c2cc(C)cc(C)c2)(c2cc(C)cc(C)c2)[C]2([Ti+3])C=CC(c3ccccc3)=C2)c1.[Cl-].[Cl-].[Cl-]. The Morgan fingerprint density at radius 3 is 1.23 bits per heavy atom. The summed E-state index contributed by atoms with van der Waals surface area (Å²) < 4.78 is -0.293. The van der Waals surface area contributed by atoms with E-state index in [1.54, 1.807) is 0 Å². The van der Waals surface area contributed by atoms with Crippen LogP contribution >= 0.6 is 0 Å². The van der Waals surface area contributed by atoms with Crippen molar-refractivity contribution >= 4 is 5.57 Å². The van der Waals surface area contributed by atoms with Gasteiger partial charge < -0.3 is 37.2 Å². The first kappa shape index (κ1) is 34.1. The van der Waals surface area contributed by atoms with E-state index in [4.69, 9.17) is 0 Å². The molecule has 40 heavy (non-hydrogen) atoms. The van der Waals surface area contributed by atoms with Gasteiger partial charge in [-0.15, -0.1) is 0 Å². The number of aryl methyl sites for hydroxylation is 6. The summed E-state index contributed by atoms with van der Waals surface area (Å²) in [6.45, 7) is 13.3. The molecule has 0 radical (unpaired) electrons. The Kier molecular flexibility index (Phi) is 11.3. The molecule has 0 aliphatic heterocycles. The molecule has 1 atom stereocenters. The second kappa shape index (κ2) is 13.3. The average Bonchev–Trinajstić information content (AvgIpc) is 3.21. The van der Waals surface area contributed by atoms with E-state index < -0.39 is 5.41 Å². The molecule has 0 nitrogen and oxygen atoms in total. The van der Waals surface area contributed by atoms with Gasteiger partial charge in [-0.2, -0.15) is 0 Å². The monoisotopic (exact) mass is 620 g/mol. The van der Waals surface area contributed by atoms with Crippen LogP contribution in [-0.2, 0) is 25.9 Å². The third-order valence-electron chi connectivity index (χ3n) is 7.60. The summed E-state index contributed by atoms with van der Waals surface area (Å²) in [5.41, 5.74) is 14.0. The number of halogens is 3. The molecule has 5 rings (SSSR count). The van der Waals surface area contributed by atoms with E-state index in [9.17, 15) is 0 Å². The maximum Gasteiger partial charge on any atom is -1.00 e. The van der Waals surface area contributed by atoms with E-state index in [-0.39, 0.29) is 40.9 Å². The van der Waals surface area contributed by atoms with Crippen LogP contribution in [0.1, 0.15) is 55.6 Å². The summed E-state index contributed by atoms with van der Waals surface area (Å²) in [4.78, 5) is 0. The Morgan fingerprint density at radius 1 is 0.525 bits per heavy atom. The fourth-order valence-electron chi connectivity index (χ4n) is 6.40. The maximum atomic E-state index is 2.51. The fourth-order valence-corrected chi connectivity index (χ4v) is 7.45.